The first kappa shape index (κ1) is 17.9. The monoisotopic (exact) mass is 349 g/mol. The summed E-state index contributed by atoms with van der Waals surface area (Å²) in [5.74, 6) is 0. The van der Waals surface area contributed by atoms with Crippen LogP contribution < -0.4 is 16.1 Å². The molecule has 0 atom stereocenters. The third-order valence-corrected chi connectivity index (χ3v) is 10.7. The SMILES string of the molecule is CCC(CC)(c1ccccc1)[PH](N)(c1ccccc1)c1ccccc1. The first-order chi connectivity index (χ1) is 12.2. The van der Waals surface area contributed by atoms with Gasteiger partial charge in [-0.1, -0.05) is 0 Å². The molecule has 0 amide bonds. The Labute approximate surface area is 152 Å². The molecule has 0 saturated heterocycles. The molecule has 130 valence electrons. The van der Waals surface area contributed by atoms with Crippen LogP contribution in [0.4, 0.5) is 0 Å². The van der Waals surface area contributed by atoms with Crippen molar-refractivity contribution in [3.8, 4) is 0 Å². The van der Waals surface area contributed by atoms with Crippen LogP contribution in [0.1, 0.15) is 32.3 Å². The summed E-state index contributed by atoms with van der Waals surface area (Å²) in [6.07, 6.45) is 2.06. The van der Waals surface area contributed by atoms with Gasteiger partial charge in [0.25, 0.3) is 0 Å². The van der Waals surface area contributed by atoms with E-state index in [1.54, 1.807) is 0 Å². The Bertz CT molecular complexity index is 741. The van der Waals surface area contributed by atoms with Crippen LogP contribution in [0.2, 0.25) is 0 Å². The number of nitrogens with two attached hydrogens (primary N) is 1. The number of benzene rings is 3. The Kier molecular flexibility index (Phi) is 5.37. The Morgan fingerprint density at radius 3 is 1.36 bits per heavy atom. The van der Waals surface area contributed by atoms with Crippen molar-refractivity contribution in [2.75, 3.05) is 0 Å². The molecule has 1 nitrogen and oxygen atoms in total. The molecule has 3 aromatic carbocycles. The molecular formula is C23H28NP. The van der Waals surface area contributed by atoms with Gasteiger partial charge in [0.1, 0.15) is 0 Å². The molecule has 0 radical (unpaired) electrons. The molecule has 3 rings (SSSR count). The van der Waals surface area contributed by atoms with Crippen molar-refractivity contribution in [1.29, 1.82) is 0 Å². The fourth-order valence-electron chi connectivity index (χ4n) is 4.32. The molecule has 0 fully saturated rings. The zero-order chi connectivity index (χ0) is 17.8. The Morgan fingerprint density at radius 2 is 1.00 bits per heavy atom. The molecule has 0 saturated carbocycles. The summed E-state index contributed by atoms with van der Waals surface area (Å²) in [5, 5.41) is 2.55. The fraction of sp³-hybridized carbons (Fsp3) is 0.217. The molecule has 0 aliphatic carbocycles. The second-order valence-corrected chi connectivity index (χ2v) is 10.4. The van der Waals surface area contributed by atoms with Crippen LogP contribution >= 0.6 is 7.41 Å². The topological polar surface area (TPSA) is 26.0 Å². The van der Waals surface area contributed by atoms with Crippen molar-refractivity contribution >= 4 is 18.0 Å². The summed E-state index contributed by atoms with van der Waals surface area (Å²) in [4.78, 5) is 0. The van der Waals surface area contributed by atoms with Crippen molar-refractivity contribution in [3.05, 3.63) is 96.6 Å². The van der Waals surface area contributed by atoms with Crippen molar-refractivity contribution in [2.24, 2.45) is 5.50 Å². The van der Waals surface area contributed by atoms with E-state index in [-0.39, 0.29) is 5.16 Å². The van der Waals surface area contributed by atoms with Crippen LogP contribution in [0, 0.1) is 0 Å². The second kappa shape index (κ2) is 7.52. The number of rotatable bonds is 6. The van der Waals surface area contributed by atoms with E-state index in [0.717, 1.165) is 12.8 Å². The van der Waals surface area contributed by atoms with Gasteiger partial charge < -0.3 is 0 Å². The zero-order valence-corrected chi connectivity index (χ0v) is 16.2. The molecule has 25 heavy (non-hydrogen) atoms. The summed E-state index contributed by atoms with van der Waals surface area (Å²) >= 11 is 0. The molecule has 2 N–H and O–H groups in total. The fourth-order valence-corrected chi connectivity index (χ4v) is 8.93. The molecule has 0 aromatic heterocycles. The summed E-state index contributed by atoms with van der Waals surface area (Å²) < 4.78 is 0. The van der Waals surface area contributed by atoms with Crippen molar-refractivity contribution in [2.45, 2.75) is 31.8 Å². The predicted molar refractivity (Wildman–Crippen MR) is 113 cm³/mol. The van der Waals surface area contributed by atoms with E-state index in [1.807, 2.05) is 0 Å². The van der Waals surface area contributed by atoms with Crippen molar-refractivity contribution in [3.63, 3.8) is 0 Å². The van der Waals surface area contributed by atoms with Gasteiger partial charge in [-0.3, -0.25) is 0 Å². The second-order valence-electron chi connectivity index (χ2n) is 6.70. The van der Waals surface area contributed by atoms with Gasteiger partial charge in [0.05, 0.1) is 0 Å². The van der Waals surface area contributed by atoms with E-state index < -0.39 is 7.41 Å². The predicted octanol–water partition coefficient (Wildman–Crippen LogP) is 4.98. The first-order valence-corrected chi connectivity index (χ1v) is 11.2. The van der Waals surface area contributed by atoms with Crippen LogP contribution in [-0.2, 0) is 5.16 Å². The van der Waals surface area contributed by atoms with Crippen LogP contribution in [0.5, 0.6) is 0 Å². The average molecular weight is 349 g/mol. The van der Waals surface area contributed by atoms with E-state index in [1.165, 1.54) is 16.2 Å². The molecule has 0 heterocycles. The van der Waals surface area contributed by atoms with E-state index in [0.29, 0.717) is 0 Å². The van der Waals surface area contributed by atoms with E-state index in [2.05, 4.69) is 105 Å². The standard InChI is InChI=1S/C23H28NP/c1-3-23(4-2,20-14-8-5-9-15-20)25(24,21-16-10-6-11-17-21)22-18-12-7-13-19-22/h5-19,25H,3-4,24H2,1-2H3. The van der Waals surface area contributed by atoms with Gasteiger partial charge in [0.15, 0.2) is 0 Å². The first-order valence-electron chi connectivity index (χ1n) is 9.14. The molecule has 3 aromatic rings. The van der Waals surface area contributed by atoms with Gasteiger partial charge >= 0.3 is 152 Å². The number of hydrogen-bond donors (Lipinski definition) is 1. The minimum absolute atomic E-state index is 0.0447. The van der Waals surface area contributed by atoms with E-state index in [4.69, 9.17) is 5.50 Å². The molecule has 2 heteroatoms. The molecule has 0 aliphatic rings. The molecule has 0 bridgehead atoms. The van der Waals surface area contributed by atoms with E-state index >= 15 is 0 Å². The number of hydrogen-bond acceptors (Lipinski definition) is 1. The van der Waals surface area contributed by atoms with Crippen molar-refractivity contribution in [1.82, 2.24) is 0 Å². The summed E-state index contributed by atoms with van der Waals surface area (Å²) in [6, 6.07) is 32.4. The van der Waals surface area contributed by atoms with Crippen LogP contribution in [0.15, 0.2) is 91.0 Å². The van der Waals surface area contributed by atoms with E-state index in [9.17, 15) is 0 Å². The van der Waals surface area contributed by atoms with Gasteiger partial charge in [0.2, 0.25) is 0 Å². The minimum atomic E-state index is -2.52. The summed E-state index contributed by atoms with van der Waals surface area (Å²) in [7, 11) is -2.52. The summed E-state index contributed by atoms with van der Waals surface area (Å²) in [5.41, 5.74) is 8.87. The molecule has 0 spiro atoms. The third-order valence-electron chi connectivity index (χ3n) is 5.75. The Morgan fingerprint density at radius 1 is 0.640 bits per heavy atom. The Balaban J connectivity index is 2.33. The summed E-state index contributed by atoms with van der Waals surface area (Å²) in [6.45, 7) is 4.58. The van der Waals surface area contributed by atoms with Gasteiger partial charge in [-0.25, -0.2) is 0 Å². The zero-order valence-electron chi connectivity index (χ0n) is 15.2. The third kappa shape index (κ3) is 2.92. The van der Waals surface area contributed by atoms with Gasteiger partial charge in [-0.2, -0.15) is 0 Å². The van der Waals surface area contributed by atoms with Gasteiger partial charge in [0, 0.05) is 0 Å². The maximum absolute atomic E-state index is 7.51. The quantitative estimate of drug-likeness (QED) is 0.624. The molecular weight excluding hydrogens is 321 g/mol. The van der Waals surface area contributed by atoms with Gasteiger partial charge in [-0.05, 0) is 0 Å². The maximum atomic E-state index is 7.51. The normalized spacial score (nSPS) is 12.8. The Hall–Kier alpha value is -1.95. The van der Waals surface area contributed by atoms with Crippen LogP contribution in [0.25, 0.3) is 0 Å². The van der Waals surface area contributed by atoms with Crippen molar-refractivity contribution < 1.29 is 0 Å². The van der Waals surface area contributed by atoms with Crippen LogP contribution in [0.3, 0.4) is 0 Å². The molecule has 0 aliphatic heterocycles. The molecule has 0 unspecified atom stereocenters. The average Bonchev–Trinajstić information content (AvgIpc) is 2.71. The van der Waals surface area contributed by atoms with Crippen LogP contribution in [-0.4, -0.2) is 0 Å². The van der Waals surface area contributed by atoms with Gasteiger partial charge in [-0.15, -0.1) is 0 Å².